The fourth-order valence-electron chi connectivity index (χ4n) is 3.54. The number of aromatic nitrogens is 7. The Hall–Kier alpha value is -4.34. The Labute approximate surface area is 182 Å². The number of hydrogen-bond acceptors (Lipinski definition) is 8. The van der Waals surface area contributed by atoms with Crippen LogP contribution in [0.15, 0.2) is 59.9 Å². The first-order valence-electron chi connectivity index (χ1n) is 10.1. The molecule has 0 unspecified atom stereocenters. The van der Waals surface area contributed by atoms with Gasteiger partial charge in [-0.3, -0.25) is 9.48 Å². The highest BCUT2D eigenvalue weighted by molar-refractivity contribution is 5.99. The lowest BCUT2D eigenvalue weighted by atomic mass is 10.1. The summed E-state index contributed by atoms with van der Waals surface area (Å²) in [5.41, 5.74) is 9.64. The summed E-state index contributed by atoms with van der Waals surface area (Å²) in [6.45, 7) is 2.59. The maximum atomic E-state index is 12.9. The SMILES string of the molecule is Cc1cnc2ccc(-c3nc(C(=O)CCCn4cccn4)c(N)nc3-c3ncco3)cn12. The molecule has 0 aromatic carbocycles. The molecule has 0 saturated heterocycles. The summed E-state index contributed by atoms with van der Waals surface area (Å²) in [7, 11) is 0. The number of nitrogens with zero attached hydrogens (tertiary/aromatic N) is 7. The van der Waals surface area contributed by atoms with Gasteiger partial charge in [0.2, 0.25) is 5.89 Å². The van der Waals surface area contributed by atoms with Crippen LogP contribution in [-0.4, -0.2) is 39.9 Å². The van der Waals surface area contributed by atoms with Gasteiger partial charge in [-0.05, 0) is 31.5 Å². The Balaban J connectivity index is 1.54. The van der Waals surface area contributed by atoms with Crippen LogP contribution in [0.25, 0.3) is 28.5 Å². The lowest BCUT2D eigenvalue weighted by Gasteiger charge is -2.11. The number of Topliss-reactive ketones (excluding diaryl/α,β-unsaturated/α-hetero) is 1. The van der Waals surface area contributed by atoms with Crippen LogP contribution >= 0.6 is 0 Å². The van der Waals surface area contributed by atoms with E-state index in [0.29, 0.717) is 24.4 Å². The standard InChI is InChI=1S/C22H20N8O2/c1-14-12-25-17-6-5-15(13-30(14)17)18-20(22-24-8-11-32-22)28-21(23)19(27-18)16(31)4-2-9-29-10-3-7-26-29/h3,5-8,10-13H,2,4,9H2,1H3,(H2,23,28). The minimum atomic E-state index is -0.178. The summed E-state index contributed by atoms with van der Waals surface area (Å²) in [6, 6.07) is 5.60. The maximum Gasteiger partial charge on any atom is 0.247 e. The first kappa shape index (κ1) is 19.6. The van der Waals surface area contributed by atoms with E-state index in [0.717, 1.165) is 16.9 Å². The molecule has 0 amide bonds. The summed E-state index contributed by atoms with van der Waals surface area (Å²) in [6.07, 6.45) is 11.1. The van der Waals surface area contributed by atoms with Crippen molar-refractivity contribution in [3.8, 4) is 22.8 Å². The van der Waals surface area contributed by atoms with Crippen molar-refractivity contribution in [1.29, 1.82) is 0 Å². The van der Waals surface area contributed by atoms with E-state index in [9.17, 15) is 4.79 Å². The van der Waals surface area contributed by atoms with Crippen LogP contribution in [-0.2, 0) is 6.54 Å². The van der Waals surface area contributed by atoms with Gasteiger partial charge in [0.05, 0.1) is 6.20 Å². The highest BCUT2D eigenvalue weighted by atomic mass is 16.3. The molecule has 0 fully saturated rings. The number of rotatable bonds is 7. The van der Waals surface area contributed by atoms with Crippen LogP contribution in [0.1, 0.15) is 29.0 Å². The van der Waals surface area contributed by atoms with E-state index in [-0.39, 0.29) is 29.6 Å². The second-order valence-electron chi connectivity index (χ2n) is 7.33. The Morgan fingerprint density at radius 2 is 2.06 bits per heavy atom. The molecule has 5 rings (SSSR count). The summed E-state index contributed by atoms with van der Waals surface area (Å²) < 4.78 is 9.18. The van der Waals surface area contributed by atoms with Crippen molar-refractivity contribution < 1.29 is 9.21 Å². The van der Waals surface area contributed by atoms with Crippen LogP contribution in [0.4, 0.5) is 5.82 Å². The monoisotopic (exact) mass is 428 g/mol. The van der Waals surface area contributed by atoms with Gasteiger partial charge in [-0.25, -0.2) is 19.9 Å². The van der Waals surface area contributed by atoms with Gasteiger partial charge in [0.25, 0.3) is 0 Å². The van der Waals surface area contributed by atoms with Crippen molar-refractivity contribution in [1.82, 2.24) is 34.1 Å². The molecule has 0 spiro atoms. The molecule has 5 aromatic heterocycles. The smallest absolute Gasteiger partial charge is 0.247 e. The van der Waals surface area contributed by atoms with Gasteiger partial charge >= 0.3 is 0 Å². The molecule has 0 aliphatic heterocycles. The van der Waals surface area contributed by atoms with Crippen molar-refractivity contribution in [3.05, 3.63) is 66.8 Å². The molecule has 0 aliphatic rings. The van der Waals surface area contributed by atoms with E-state index in [1.54, 1.807) is 17.1 Å². The number of nitrogens with two attached hydrogens (primary N) is 1. The van der Waals surface area contributed by atoms with Crippen molar-refractivity contribution in [2.75, 3.05) is 5.73 Å². The van der Waals surface area contributed by atoms with Gasteiger partial charge in [-0.1, -0.05) is 0 Å². The number of aryl methyl sites for hydroxylation is 2. The highest BCUT2D eigenvalue weighted by Crippen LogP contribution is 2.30. The minimum absolute atomic E-state index is 0.0472. The van der Waals surface area contributed by atoms with Gasteiger partial charge in [0.1, 0.15) is 23.3 Å². The number of carbonyl (C=O) groups excluding carboxylic acids is 1. The molecule has 0 atom stereocenters. The van der Waals surface area contributed by atoms with Crippen molar-refractivity contribution in [2.24, 2.45) is 0 Å². The molecule has 0 aliphatic carbocycles. The molecule has 32 heavy (non-hydrogen) atoms. The topological polar surface area (TPSA) is 130 Å². The maximum absolute atomic E-state index is 12.9. The number of anilines is 1. The van der Waals surface area contributed by atoms with E-state index in [4.69, 9.17) is 10.2 Å². The summed E-state index contributed by atoms with van der Waals surface area (Å²) in [4.78, 5) is 30.6. The van der Waals surface area contributed by atoms with Gasteiger partial charge < -0.3 is 14.6 Å². The largest absolute Gasteiger partial charge is 0.443 e. The Morgan fingerprint density at radius 3 is 2.84 bits per heavy atom. The van der Waals surface area contributed by atoms with Crippen LogP contribution < -0.4 is 5.73 Å². The molecule has 5 heterocycles. The van der Waals surface area contributed by atoms with E-state index in [1.807, 2.05) is 41.9 Å². The molecule has 0 radical (unpaired) electrons. The Morgan fingerprint density at radius 1 is 1.16 bits per heavy atom. The molecular weight excluding hydrogens is 408 g/mol. The number of carbonyl (C=O) groups is 1. The third kappa shape index (κ3) is 3.62. The Kier molecular flexibility index (Phi) is 4.94. The first-order valence-corrected chi connectivity index (χ1v) is 10.1. The lowest BCUT2D eigenvalue weighted by molar-refractivity contribution is 0.0974. The zero-order chi connectivity index (χ0) is 22.1. The number of nitrogen functional groups attached to an aromatic ring is 1. The molecule has 10 heteroatoms. The Bertz CT molecular complexity index is 1390. The molecule has 2 N–H and O–H groups in total. The van der Waals surface area contributed by atoms with Crippen molar-refractivity contribution >= 4 is 17.2 Å². The van der Waals surface area contributed by atoms with Crippen molar-refractivity contribution in [2.45, 2.75) is 26.3 Å². The lowest BCUT2D eigenvalue weighted by Crippen LogP contribution is -2.12. The molecule has 0 saturated carbocycles. The second kappa shape index (κ2) is 8.06. The van der Waals surface area contributed by atoms with Crippen LogP contribution in [0.2, 0.25) is 0 Å². The van der Waals surface area contributed by atoms with Crippen LogP contribution in [0.5, 0.6) is 0 Å². The molecule has 160 valence electrons. The number of imidazole rings is 1. The fourth-order valence-corrected chi connectivity index (χ4v) is 3.54. The van der Waals surface area contributed by atoms with E-state index >= 15 is 0 Å². The number of oxazole rings is 1. The number of ketones is 1. The number of hydrogen-bond donors (Lipinski definition) is 1. The van der Waals surface area contributed by atoms with Gasteiger partial charge in [-0.2, -0.15) is 5.10 Å². The molecular formula is C22H20N8O2. The van der Waals surface area contributed by atoms with Gasteiger partial charge in [0.15, 0.2) is 17.3 Å². The van der Waals surface area contributed by atoms with E-state index < -0.39 is 0 Å². The number of fused-ring (bicyclic) bond motifs is 1. The van der Waals surface area contributed by atoms with Crippen LogP contribution in [0.3, 0.4) is 0 Å². The van der Waals surface area contributed by atoms with Crippen molar-refractivity contribution in [3.63, 3.8) is 0 Å². The molecule has 10 nitrogen and oxygen atoms in total. The zero-order valence-electron chi connectivity index (χ0n) is 17.3. The summed E-state index contributed by atoms with van der Waals surface area (Å²) in [5, 5.41) is 4.15. The fraction of sp³-hybridized carbons (Fsp3) is 0.182. The molecule has 0 bridgehead atoms. The average molecular weight is 428 g/mol. The summed E-state index contributed by atoms with van der Waals surface area (Å²) in [5.74, 6) is 0.146. The molecule has 5 aromatic rings. The predicted octanol–water partition coefficient (Wildman–Crippen LogP) is 3.20. The quantitative estimate of drug-likeness (QED) is 0.391. The average Bonchev–Trinajstić information content (AvgIpc) is 3.56. The first-order chi connectivity index (χ1) is 15.6. The zero-order valence-corrected chi connectivity index (χ0v) is 17.3. The summed E-state index contributed by atoms with van der Waals surface area (Å²) >= 11 is 0. The van der Waals surface area contributed by atoms with Gasteiger partial charge in [0, 0.05) is 49.0 Å². The van der Waals surface area contributed by atoms with Crippen LogP contribution in [0, 0.1) is 6.92 Å². The minimum Gasteiger partial charge on any atom is -0.443 e. The number of pyridine rings is 1. The third-order valence-electron chi connectivity index (χ3n) is 5.14. The van der Waals surface area contributed by atoms with Gasteiger partial charge in [-0.15, -0.1) is 0 Å². The van der Waals surface area contributed by atoms with E-state index in [1.165, 1.54) is 12.5 Å². The normalized spacial score (nSPS) is 11.3. The second-order valence-corrected chi connectivity index (χ2v) is 7.33. The highest BCUT2D eigenvalue weighted by Gasteiger charge is 2.22. The third-order valence-corrected chi connectivity index (χ3v) is 5.14. The van der Waals surface area contributed by atoms with E-state index in [2.05, 4.69) is 25.0 Å². The predicted molar refractivity (Wildman–Crippen MR) is 117 cm³/mol.